The van der Waals surface area contributed by atoms with E-state index in [1.807, 2.05) is 18.0 Å². The van der Waals surface area contributed by atoms with Gasteiger partial charge in [0, 0.05) is 30.0 Å². The van der Waals surface area contributed by atoms with E-state index < -0.39 is 0 Å². The van der Waals surface area contributed by atoms with Gasteiger partial charge in [-0.25, -0.2) is 0 Å². The molecule has 0 aromatic heterocycles. The first-order chi connectivity index (χ1) is 14.4. The van der Waals surface area contributed by atoms with Crippen molar-refractivity contribution in [1.82, 2.24) is 10.2 Å². The van der Waals surface area contributed by atoms with Crippen LogP contribution < -0.4 is 5.32 Å². The molecule has 31 heavy (non-hydrogen) atoms. The van der Waals surface area contributed by atoms with E-state index in [1.54, 1.807) is 0 Å². The van der Waals surface area contributed by atoms with Crippen molar-refractivity contribution < 1.29 is 9.59 Å². The van der Waals surface area contributed by atoms with E-state index in [0.29, 0.717) is 29.7 Å². The van der Waals surface area contributed by atoms with Crippen LogP contribution in [0.5, 0.6) is 0 Å². The fraction of sp³-hybridized carbons (Fsp3) is 0.852. The number of hydrogen-bond acceptors (Lipinski definition) is 2. The Morgan fingerprint density at radius 2 is 1.94 bits per heavy atom. The molecule has 1 aliphatic heterocycles. The third kappa shape index (κ3) is 3.47. The maximum absolute atomic E-state index is 13.6. The Labute approximate surface area is 189 Å². The second-order valence-corrected chi connectivity index (χ2v) is 12.5. The van der Waals surface area contributed by atoms with Crippen LogP contribution in [0, 0.1) is 40.4 Å². The Morgan fingerprint density at radius 1 is 1.23 bits per heavy atom. The topological polar surface area (TPSA) is 49.4 Å². The van der Waals surface area contributed by atoms with Gasteiger partial charge in [0.1, 0.15) is 0 Å². The molecule has 4 aliphatic rings. The van der Waals surface area contributed by atoms with Crippen LogP contribution in [0.3, 0.4) is 0 Å². The minimum absolute atomic E-state index is 0.0691. The quantitative estimate of drug-likeness (QED) is 0.670. The van der Waals surface area contributed by atoms with E-state index in [9.17, 15) is 9.59 Å². The van der Waals surface area contributed by atoms with Crippen molar-refractivity contribution >= 4 is 11.8 Å². The summed E-state index contributed by atoms with van der Waals surface area (Å²) in [4.78, 5) is 27.9. The second-order valence-electron chi connectivity index (χ2n) is 12.5. The summed E-state index contributed by atoms with van der Waals surface area (Å²) in [5.74, 6) is 2.88. The summed E-state index contributed by atoms with van der Waals surface area (Å²) in [6, 6.07) is 0.323. The molecule has 0 aromatic carbocycles. The van der Waals surface area contributed by atoms with Gasteiger partial charge >= 0.3 is 0 Å². The minimum Gasteiger partial charge on any atom is -0.351 e. The summed E-state index contributed by atoms with van der Waals surface area (Å²) in [6.07, 6.45) is 11.9. The summed E-state index contributed by atoms with van der Waals surface area (Å²) in [7, 11) is 1.98. The predicted molar refractivity (Wildman–Crippen MR) is 125 cm³/mol. The number of nitrogens with one attached hydrogen (secondary N) is 1. The van der Waals surface area contributed by atoms with Crippen LogP contribution >= 0.6 is 0 Å². The minimum atomic E-state index is -0.132. The Kier molecular flexibility index (Phi) is 5.62. The molecule has 1 heterocycles. The van der Waals surface area contributed by atoms with Gasteiger partial charge in [0.2, 0.25) is 11.8 Å². The highest BCUT2D eigenvalue weighted by atomic mass is 16.2. The van der Waals surface area contributed by atoms with Crippen molar-refractivity contribution in [3.63, 3.8) is 0 Å². The third-order valence-corrected chi connectivity index (χ3v) is 10.1. The molecular formula is C27H44N2O2. The zero-order chi connectivity index (χ0) is 22.8. The zero-order valence-corrected chi connectivity index (χ0v) is 20.8. The molecule has 0 spiro atoms. The van der Waals surface area contributed by atoms with Crippen LogP contribution in [0.15, 0.2) is 12.2 Å². The predicted octanol–water partition coefficient (Wildman–Crippen LogP) is 5.18. The Bertz CT molecular complexity index is 773. The highest BCUT2D eigenvalue weighted by Crippen LogP contribution is 2.66. The average molecular weight is 429 g/mol. The number of carbonyl (C=O) groups is 2. The van der Waals surface area contributed by atoms with Crippen LogP contribution in [0.1, 0.15) is 86.5 Å². The van der Waals surface area contributed by atoms with Crippen molar-refractivity contribution in [3.05, 3.63) is 12.2 Å². The lowest BCUT2D eigenvalue weighted by Crippen LogP contribution is -2.60. The van der Waals surface area contributed by atoms with Gasteiger partial charge in [-0.3, -0.25) is 9.59 Å². The maximum Gasteiger partial charge on any atom is 0.246 e. The van der Waals surface area contributed by atoms with E-state index >= 15 is 0 Å². The fourth-order valence-electron chi connectivity index (χ4n) is 8.76. The van der Waals surface area contributed by atoms with Crippen molar-refractivity contribution in [2.75, 3.05) is 7.05 Å². The molecule has 4 nitrogen and oxygen atoms in total. The summed E-state index contributed by atoms with van der Waals surface area (Å²) < 4.78 is 0. The molecule has 1 N–H and O–H groups in total. The normalized spacial score (nSPS) is 44.5. The van der Waals surface area contributed by atoms with Gasteiger partial charge in [0.15, 0.2) is 0 Å². The van der Waals surface area contributed by atoms with Crippen molar-refractivity contribution in [3.8, 4) is 0 Å². The summed E-state index contributed by atoms with van der Waals surface area (Å²) >= 11 is 0. The van der Waals surface area contributed by atoms with Gasteiger partial charge in [0.25, 0.3) is 0 Å². The summed E-state index contributed by atoms with van der Waals surface area (Å²) in [5.41, 5.74) is 0.0304. The van der Waals surface area contributed by atoms with Gasteiger partial charge in [-0.15, -0.1) is 0 Å². The Hall–Kier alpha value is -1.32. The molecule has 3 fully saturated rings. The highest BCUT2D eigenvalue weighted by molar-refractivity contribution is 5.89. The number of rotatable bonds is 4. The lowest BCUT2D eigenvalue weighted by atomic mass is 9.47. The molecule has 4 rings (SSSR count). The molecule has 4 heteroatoms. The van der Waals surface area contributed by atoms with E-state index in [-0.39, 0.29) is 34.1 Å². The first-order valence-electron chi connectivity index (χ1n) is 12.7. The second kappa shape index (κ2) is 7.63. The SMILES string of the molecule is CCCC(C)(C)NC(=O)C1C(C)C[C@H]2[C@@H]3CCC4N(C)C(=O)C=C[C@]4(C)[C@@H]3CC[C@]12C. The molecule has 2 amide bonds. The molecule has 3 unspecified atom stereocenters. The van der Waals surface area contributed by atoms with Crippen molar-refractivity contribution in [2.24, 2.45) is 40.4 Å². The van der Waals surface area contributed by atoms with Crippen LogP contribution in [-0.4, -0.2) is 35.3 Å². The standard InChI is InChI=1S/C27H44N2O2/c1-8-13-25(3,4)28-24(31)23-17(2)16-20-18-9-10-21-26(5,15-12-22(30)29(21)7)19(18)11-14-27(20,23)6/h12,15,17-21,23H,8-11,13-14,16H2,1-7H3,(H,28,31)/t17?,18-,19-,20+,21?,23?,26-,27+/m1/s1. The molecule has 8 atom stereocenters. The van der Waals surface area contributed by atoms with E-state index in [1.165, 1.54) is 19.3 Å². The van der Waals surface area contributed by atoms with E-state index in [0.717, 1.165) is 25.7 Å². The largest absolute Gasteiger partial charge is 0.351 e. The highest BCUT2D eigenvalue weighted by Gasteiger charge is 2.63. The first-order valence-corrected chi connectivity index (χ1v) is 12.7. The van der Waals surface area contributed by atoms with Crippen LogP contribution in [0.25, 0.3) is 0 Å². The average Bonchev–Trinajstić information content (AvgIpc) is 2.95. The Morgan fingerprint density at radius 3 is 2.61 bits per heavy atom. The summed E-state index contributed by atoms with van der Waals surface area (Å²) in [6.45, 7) is 13.7. The monoisotopic (exact) mass is 428 g/mol. The van der Waals surface area contributed by atoms with Crippen LogP contribution in [0.2, 0.25) is 0 Å². The third-order valence-electron chi connectivity index (χ3n) is 10.1. The molecule has 0 saturated heterocycles. The van der Waals surface area contributed by atoms with Gasteiger partial charge in [-0.2, -0.15) is 0 Å². The number of carbonyl (C=O) groups excluding carboxylic acids is 2. The fourth-order valence-corrected chi connectivity index (χ4v) is 8.76. The van der Waals surface area contributed by atoms with Gasteiger partial charge < -0.3 is 10.2 Å². The van der Waals surface area contributed by atoms with E-state index in [4.69, 9.17) is 0 Å². The lowest BCUT2D eigenvalue weighted by Gasteiger charge is -2.60. The van der Waals surface area contributed by atoms with Crippen LogP contribution in [-0.2, 0) is 9.59 Å². The summed E-state index contributed by atoms with van der Waals surface area (Å²) in [5, 5.41) is 3.43. The molecule has 0 radical (unpaired) electrons. The first kappa shape index (κ1) is 22.9. The Balaban J connectivity index is 1.59. The molecule has 3 saturated carbocycles. The van der Waals surface area contributed by atoms with E-state index in [2.05, 4.69) is 52.9 Å². The molecule has 0 bridgehead atoms. The van der Waals surface area contributed by atoms with Crippen molar-refractivity contribution in [1.29, 1.82) is 0 Å². The molecular weight excluding hydrogens is 384 g/mol. The molecule has 3 aliphatic carbocycles. The van der Waals surface area contributed by atoms with Crippen molar-refractivity contribution in [2.45, 2.75) is 98.1 Å². The van der Waals surface area contributed by atoms with Gasteiger partial charge in [-0.1, -0.05) is 40.2 Å². The molecule has 174 valence electrons. The number of nitrogens with zero attached hydrogens (tertiary/aromatic N) is 1. The number of likely N-dealkylation sites (N-methyl/N-ethyl adjacent to an activating group) is 1. The smallest absolute Gasteiger partial charge is 0.246 e. The van der Waals surface area contributed by atoms with Gasteiger partial charge in [-0.05, 0) is 87.5 Å². The van der Waals surface area contributed by atoms with Gasteiger partial charge in [0.05, 0.1) is 0 Å². The lowest BCUT2D eigenvalue weighted by molar-refractivity contribution is -0.143. The molecule has 0 aromatic rings. The zero-order valence-electron chi connectivity index (χ0n) is 20.8. The number of hydrogen-bond donors (Lipinski definition) is 1. The maximum atomic E-state index is 13.6. The number of amides is 2. The van der Waals surface area contributed by atoms with Crippen LogP contribution in [0.4, 0.5) is 0 Å². The number of fused-ring (bicyclic) bond motifs is 5.